The van der Waals surface area contributed by atoms with Crippen LogP contribution in [0.3, 0.4) is 0 Å². The number of carbonyl (C=O) groups excluding carboxylic acids is 1. The monoisotopic (exact) mass is 876 g/mol. The maximum Gasteiger partial charge on any atom is 0.342 e. The first kappa shape index (κ1) is 37.2. The van der Waals surface area contributed by atoms with Gasteiger partial charge in [-0.15, -0.1) is 0 Å². The maximum absolute atomic E-state index is 13.7. The molecule has 4 aromatic carbocycles. The molecule has 0 radical (unpaired) electrons. The third-order valence-corrected chi connectivity index (χ3v) is 10.1. The number of esters is 1. The molecule has 0 fully saturated rings. The normalized spacial score (nSPS) is 11.0. The predicted molar refractivity (Wildman–Crippen MR) is 204 cm³/mol. The molecular formula is C38H38I2O8. The lowest BCUT2D eigenvalue weighted by atomic mass is 9.98. The first-order valence-electron chi connectivity index (χ1n) is 15.1. The van der Waals surface area contributed by atoms with E-state index in [4.69, 9.17) is 33.2 Å². The van der Waals surface area contributed by atoms with Crippen molar-refractivity contribution in [1.29, 1.82) is 0 Å². The number of halogens is 2. The second kappa shape index (κ2) is 18.8. The molecule has 0 aliphatic carbocycles. The molecule has 0 unspecified atom stereocenters. The van der Waals surface area contributed by atoms with Crippen molar-refractivity contribution in [1.82, 2.24) is 0 Å². The standard InChI is InChI=1S/C38H38I2O8/c1-5-27-12-16-30(17-13-27)46-25-42-20-22-44-33-24-32(37(41)48-38(3,4)29-10-8-7-9-11-29)36(35(40)34(33)39)45-23-21-43-26-47-31-18-14-28(6-2)15-19-31/h5-19,24H,1-2,20-23,25-26H2,3-4H3. The van der Waals surface area contributed by atoms with E-state index in [0.29, 0.717) is 26.6 Å². The Morgan fingerprint density at radius 3 is 1.73 bits per heavy atom. The van der Waals surface area contributed by atoms with Gasteiger partial charge in [0.25, 0.3) is 0 Å². The van der Waals surface area contributed by atoms with Crippen molar-refractivity contribution < 1.29 is 38.0 Å². The molecule has 0 spiro atoms. The second-order valence-corrected chi connectivity index (χ2v) is 12.9. The average Bonchev–Trinajstić information content (AvgIpc) is 3.10. The summed E-state index contributed by atoms with van der Waals surface area (Å²) in [6, 6.07) is 26.3. The topological polar surface area (TPSA) is 81.7 Å². The minimum Gasteiger partial charge on any atom is -0.490 e. The number of hydrogen-bond donors (Lipinski definition) is 0. The van der Waals surface area contributed by atoms with E-state index < -0.39 is 11.6 Å². The predicted octanol–water partition coefficient (Wildman–Crippen LogP) is 9.14. The van der Waals surface area contributed by atoms with Gasteiger partial charge in [0.1, 0.15) is 47.4 Å². The van der Waals surface area contributed by atoms with Crippen LogP contribution in [0, 0.1) is 7.14 Å². The molecule has 0 aromatic heterocycles. The Morgan fingerprint density at radius 2 is 1.21 bits per heavy atom. The van der Waals surface area contributed by atoms with Crippen LogP contribution < -0.4 is 18.9 Å². The summed E-state index contributed by atoms with van der Waals surface area (Å²) in [4.78, 5) is 13.7. The maximum atomic E-state index is 13.7. The highest BCUT2D eigenvalue weighted by molar-refractivity contribution is 14.1. The van der Waals surface area contributed by atoms with Gasteiger partial charge >= 0.3 is 5.97 Å². The Kier molecular flexibility index (Phi) is 14.6. The highest BCUT2D eigenvalue weighted by Crippen LogP contribution is 2.38. The first-order chi connectivity index (χ1) is 23.2. The van der Waals surface area contributed by atoms with E-state index in [-0.39, 0.29) is 45.6 Å². The third-order valence-electron chi connectivity index (χ3n) is 6.97. The number of benzene rings is 4. The van der Waals surface area contributed by atoms with E-state index in [1.807, 2.05) is 92.7 Å². The fourth-order valence-corrected chi connectivity index (χ4v) is 5.59. The van der Waals surface area contributed by atoms with E-state index in [1.165, 1.54) is 0 Å². The molecule has 252 valence electrons. The van der Waals surface area contributed by atoms with E-state index in [0.717, 1.165) is 20.3 Å². The van der Waals surface area contributed by atoms with Gasteiger partial charge in [0.2, 0.25) is 0 Å². The molecule has 0 atom stereocenters. The molecule has 0 N–H and O–H groups in total. The summed E-state index contributed by atoms with van der Waals surface area (Å²) in [5.74, 6) is 1.73. The van der Waals surface area contributed by atoms with E-state index in [1.54, 1.807) is 18.2 Å². The smallest absolute Gasteiger partial charge is 0.342 e. The van der Waals surface area contributed by atoms with Crippen LogP contribution in [0.2, 0.25) is 0 Å². The van der Waals surface area contributed by atoms with Crippen molar-refractivity contribution in [2.75, 3.05) is 40.0 Å². The molecule has 48 heavy (non-hydrogen) atoms. The molecule has 4 aromatic rings. The summed E-state index contributed by atoms with van der Waals surface area (Å²) in [6.45, 7) is 12.2. The van der Waals surface area contributed by atoms with Crippen LogP contribution in [-0.4, -0.2) is 46.0 Å². The Labute approximate surface area is 309 Å². The third kappa shape index (κ3) is 11.0. The van der Waals surface area contributed by atoms with Crippen LogP contribution in [0.15, 0.2) is 98.1 Å². The molecule has 4 rings (SSSR count). The minimum absolute atomic E-state index is 0.0487. The van der Waals surface area contributed by atoms with Crippen molar-refractivity contribution in [3.8, 4) is 23.0 Å². The van der Waals surface area contributed by atoms with E-state index in [9.17, 15) is 4.79 Å². The Bertz CT molecular complexity index is 1640. The zero-order valence-electron chi connectivity index (χ0n) is 26.9. The summed E-state index contributed by atoms with van der Waals surface area (Å²) >= 11 is 4.34. The van der Waals surface area contributed by atoms with Crippen LogP contribution in [0.25, 0.3) is 12.2 Å². The highest BCUT2D eigenvalue weighted by Gasteiger charge is 2.30. The molecule has 0 aliphatic rings. The average molecular weight is 877 g/mol. The molecular weight excluding hydrogens is 838 g/mol. The van der Waals surface area contributed by atoms with Gasteiger partial charge in [0.15, 0.2) is 13.6 Å². The Morgan fingerprint density at radius 1 is 0.688 bits per heavy atom. The van der Waals surface area contributed by atoms with Crippen LogP contribution in [-0.2, 0) is 19.8 Å². The van der Waals surface area contributed by atoms with Gasteiger partial charge in [0.05, 0.1) is 20.4 Å². The zero-order chi connectivity index (χ0) is 34.4. The highest BCUT2D eigenvalue weighted by atomic mass is 127. The van der Waals surface area contributed by atoms with Gasteiger partial charge in [-0.3, -0.25) is 0 Å². The van der Waals surface area contributed by atoms with E-state index >= 15 is 0 Å². The number of rotatable bonds is 19. The van der Waals surface area contributed by atoms with Gasteiger partial charge in [0, 0.05) is 0 Å². The number of ether oxygens (including phenoxy) is 7. The van der Waals surface area contributed by atoms with Crippen LogP contribution >= 0.6 is 45.2 Å². The quantitative estimate of drug-likeness (QED) is 0.0400. The summed E-state index contributed by atoms with van der Waals surface area (Å²) in [6.07, 6.45) is 3.54. The molecule has 0 saturated heterocycles. The minimum atomic E-state index is -0.894. The molecule has 0 amide bonds. The first-order valence-corrected chi connectivity index (χ1v) is 17.3. The van der Waals surface area contributed by atoms with Gasteiger partial charge in [-0.25, -0.2) is 4.79 Å². The summed E-state index contributed by atoms with van der Waals surface area (Å²) in [5, 5.41) is 0. The van der Waals surface area contributed by atoms with E-state index in [2.05, 4.69) is 58.3 Å². The van der Waals surface area contributed by atoms with Crippen molar-refractivity contribution in [2.45, 2.75) is 19.4 Å². The van der Waals surface area contributed by atoms with Crippen molar-refractivity contribution in [3.63, 3.8) is 0 Å². The fourth-order valence-electron chi connectivity index (χ4n) is 4.32. The summed E-state index contributed by atoms with van der Waals surface area (Å²) in [5.41, 5.74) is 2.22. The summed E-state index contributed by atoms with van der Waals surface area (Å²) in [7, 11) is 0. The molecule has 8 nitrogen and oxygen atoms in total. The molecule has 10 heteroatoms. The van der Waals surface area contributed by atoms with Crippen molar-refractivity contribution in [2.24, 2.45) is 0 Å². The fraction of sp³-hybridized carbons (Fsp3) is 0.237. The van der Waals surface area contributed by atoms with Gasteiger partial charge in [-0.05, 0) is 106 Å². The number of carbonyl (C=O) groups is 1. The lowest BCUT2D eigenvalue weighted by Crippen LogP contribution is -2.26. The molecule has 0 aliphatic heterocycles. The lowest BCUT2D eigenvalue weighted by Gasteiger charge is -2.26. The van der Waals surface area contributed by atoms with Crippen molar-refractivity contribution >= 4 is 63.3 Å². The Balaban J connectivity index is 1.38. The Hall–Kier alpha value is -3.59. The molecule has 0 bridgehead atoms. The van der Waals surface area contributed by atoms with Crippen LogP contribution in [0.4, 0.5) is 0 Å². The molecule has 0 saturated carbocycles. The van der Waals surface area contributed by atoms with Crippen LogP contribution in [0.5, 0.6) is 23.0 Å². The zero-order valence-corrected chi connectivity index (χ0v) is 31.2. The second-order valence-electron chi connectivity index (χ2n) is 10.7. The largest absolute Gasteiger partial charge is 0.490 e. The van der Waals surface area contributed by atoms with Crippen molar-refractivity contribution in [3.05, 3.63) is 127 Å². The SMILES string of the molecule is C=Cc1ccc(OCOCCOc2cc(C(=O)OC(C)(C)c3ccccc3)c(OCCOCOc3ccc(C=C)cc3)c(I)c2I)cc1. The van der Waals surface area contributed by atoms with Gasteiger partial charge in [-0.1, -0.05) is 79.9 Å². The molecule has 0 heterocycles. The van der Waals surface area contributed by atoms with Gasteiger partial charge in [-0.2, -0.15) is 0 Å². The number of hydrogen-bond acceptors (Lipinski definition) is 8. The van der Waals surface area contributed by atoms with Crippen LogP contribution in [0.1, 0.15) is 40.9 Å². The summed E-state index contributed by atoms with van der Waals surface area (Å²) < 4.78 is 42.2. The van der Waals surface area contributed by atoms with Gasteiger partial charge < -0.3 is 33.2 Å². The lowest BCUT2D eigenvalue weighted by molar-refractivity contribution is -0.00535.